The zero-order chi connectivity index (χ0) is 21.4. The Labute approximate surface area is 182 Å². The van der Waals surface area contributed by atoms with Crippen molar-refractivity contribution in [1.29, 1.82) is 0 Å². The van der Waals surface area contributed by atoms with Gasteiger partial charge in [-0.1, -0.05) is 12.1 Å². The molecule has 31 heavy (non-hydrogen) atoms. The van der Waals surface area contributed by atoms with Crippen molar-refractivity contribution in [2.24, 2.45) is 5.73 Å². The average molecular weight is 413 g/mol. The maximum absolute atomic E-state index is 5.84. The van der Waals surface area contributed by atoms with Crippen LogP contribution in [0.15, 0.2) is 48.7 Å². The molecule has 4 aromatic rings. The first-order valence-electron chi connectivity index (χ1n) is 10.8. The lowest BCUT2D eigenvalue weighted by molar-refractivity contribution is 0.585. The summed E-state index contributed by atoms with van der Waals surface area (Å²) in [6, 6.07) is 15.1. The molecule has 6 heteroatoms. The summed E-state index contributed by atoms with van der Waals surface area (Å²) in [7, 11) is 0. The standard InChI is InChI=1S/C25H28N6/c1-16-11-20(12-21(14-26)29-16)25-17(2)22-5-3-18(13-23(22)30-25)19-4-6-24(28-15-19)31-9-7-27-8-10-31/h3-6,11-13,15,27,30H,7-10,14,26H2,1-2H3. The summed E-state index contributed by atoms with van der Waals surface area (Å²) in [6.07, 6.45) is 1.98. The minimum atomic E-state index is 0.440. The second-order valence-electron chi connectivity index (χ2n) is 8.22. The number of hydrogen-bond acceptors (Lipinski definition) is 5. The second-order valence-corrected chi connectivity index (χ2v) is 8.22. The molecule has 0 aliphatic carbocycles. The largest absolute Gasteiger partial charge is 0.354 e. The van der Waals surface area contributed by atoms with Gasteiger partial charge in [0.2, 0.25) is 0 Å². The molecule has 0 radical (unpaired) electrons. The maximum Gasteiger partial charge on any atom is 0.128 e. The number of nitrogens with zero attached hydrogens (tertiary/aromatic N) is 3. The van der Waals surface area contributed by atoms with E-state index < -0.39 is 0 Å². The topological polar surface area (TPSA) is 82.9 Å². The molecule has 1 aliphatic heterocycles. The summed E-state index contributed by atoms with van der Waals surface area (Å²) in [5.74, 6) is 1.05. The van der Waals surface area contributed by atoms with E-state index in [-0.39, 0.29) is 0 Å². The number of pyridine rings is 2. The first kappa shape index (κ1) is 19.7. The van der Waals surface area contributed by atoms with E-state index in [0.717, 1.165) is 71.3 Å². The van der Waals surface area contributed by atoms with Crippen molar-refractivity contribution in [3.8, 4) is 22.4 Å². The third-order valence-corrected chi connectivity index (χ3v) is 6.08. The van der Waals surface area contributed by atoms with Crippen molar-refractivity contribution < 1.29 is 0 Å². The predicted octanol–water partition coefficient (Wildman–Crippen LogP) is 3.78. The zero-order valence-electron chi connectivity index (χ0n) is 18.1. The highest BCUT2D eigenvalue weighted by Crippen LogP contribution is 2.33. The van der Waals surface area contributed by atoms with Crippen LogP contribution in [0.4, 0.5) is 5.82 Å². The molecule has 3 aromatic heterocycles. The van der Waals surface area contributed by atoms with Gasteiger partial charge in [0.25, 0.3) is 0 Å². The van der Waals surface area contributed by atoms with Crippen LogP contribution in [0.5, 0.6) is 0 Å². The van der Waals surface area contributed by atoms with Crippen LogP contribution < -0.4 is 16.0 Å². The molecular weight excluding hydrogens is 384 g/mol. The summed E-state index contributed by atoms with van der Waals surface area (Å²) >= 11 is 0. The van der Waals surface area contributed by atoms with Crippen LogP contribution in [0.1, 0.15) is 17.0 Å². The van der Waals surface area contributed by atoms with E-state index in [9.17, 15) is 0 Å². The Morgan fingerprint density at radius 2 is 1.77 bits per heavy atom. The Kier molecular flexibility index (Phi) is 5.18. The number of nitrogens with one attached hydrogen (secondary N) is 2. The summed E-state index contributed by atoms with van der Waals surface area (Å²) in [6.45, 7) is 8.64. The van der Waals surface area contributed by atoms with Crippen molar-refractivity contribution in [2.45, 2.75) is 20.4 Å². The van der Waals surface area contributed by atoms with Gasteiger partial charge in [-0.3, -0.25) is 4.98 Å². The fraction of sp³-hybridized carbons (Fsp3) is 0.280. The predicted molar refractivity (Wildman–Crippen MR) is 127 cm³/mol. The first-order valence-corrected chi connectivity index (χ1v) is 10.8. The lowest BCUT2D eigenvalue weighted by atomic mass is 10.0. The van der Waals surface area contributed by atoms with Gasteiger partial charge >= 0.3 is 0 Å². The van der Waals surface area contributed by atoms with Gasteiger partial charge in [0.15, 0.2) is 0 Å². The lowest BCUT2D eigenvalue weighted by Crippen LogP contribution is -2.43. The molecule has 0 atom stereocenters. The molecule has 1 aromatic carbocycles. The third-order valence-electron chi connectivity index (χ3n) is 6.08. The first-order chi connectivity index (χ1) is 15.1. The number of H-pyrrole nitrogens is 1. The number of rotatable bonds is 4. The molecule has 0 amide bonds. The summed E-state index contributed by atoms with van der Waals surface area (Å²) in [5.41, 5.74) is 14.6. The van der Waals surface area contributed by atoms with Gasteiger partial charge < -0.3 is 20.9 Å². The highest BCUT2D eigenvalue weighted by molar-refractivity contribution is 5.93. The Bertz CT molecular complexity index is 1220. The minimum absolute atomic E-state index is 0.440. The van der Waals surface area contributed by atoms with Crippen molar-refractivity contribution in [3.63, 3.8) is 0 Å². The number of aromatic amines is 1. The Morgan fingerprint density at radius 3 is 2.52 bits per heavy atom. The lowest BCUT2D eigenvalue weighted by Gasteiger charge is -2.28. The number of hydrogen-bond donors (Lipinski definition) is 3. The number of piperazine rings is 1. The Hall–Kier alpha value is -3.22. The molecule has 4 heterocycles. The van der Waals surface area contributed by atoms with Gasteiger partial charge in [-0.25, -0.2) is 4.98 Å². The highest BCUT2D eigenvalue weighted by atomic mass is 15.2. The quantitative estimate of drug-likeness (QED) is 0.475. The summed E-state index contributed by atoms with van der Waals surface area (Å²) < 4.78 is 0. The number of benzene rings is 1. The molecule has 1 saturated heterocycles. The molecule has 4 N–H and O–H groups in total. The number of aryl methyl sites for hydroxylation is 2. The number of anilines is 1. The monoisotopic (exact) mass is 412 g/mol. The summed E-state index contributed by atoms with van der Waals surface area (Å²) in [5, 5.41) is 4.61. The molecule has 0 unspecified atom stereocenters. The van der Waals surface area contributed by atoms with Crippen LogP contribution in [0, 0.1) is 13.8 Å². The molecule has 0 spiro atoms. The summed E-state index contributed by atoms with van der Waals surface area (Å²) in [4.78, 5) is 15.2. The van der Waals surface area contributed by atoms with Gasteiger partial charge in [0.1, 0.15) is 5.82 Å². The normalized spacial score (nSPS) is 14.4. The zero-order valence-corrected chi connectivity index (χ0v) is 18.1. The number of aromatic nitrogens is 3. The molecule has 158 valence electrons. The van der Waals surface area contributed by atoms with Gasteiger partial charge in [-0.15, -0.1) is 0 Å². The van der Waals surface area contributed by atoms with Crippen molar-refractivity contribution in [2.75, 3.05) is 31.1 Å². The number of nitrogens with two attached hydrogens (primary N) is 1. The van der Waals surface area contributed by atoms with E-state index in [1.807, 2.05) is 13.1 Å². The van der Waals surface area contributed by atoms with Gasteiger partial charge in [0.05, 0.1) is 5.69 Å². The fourth-order valence-corrected chi connectivity index (χ4v) is 4.43. The molecule has 1 aliphatic rings. The van der Waals surface area contributed by atoms with E-state index in [4.69, 9.17) is 10.7 Å². The number of fused-ring (bicyclic) bond motifs is 1. The van der Waals surface area contributed by atoms with Crippen LogP contribution in [-0.4, -0.2) is 41.1 Å². The van der Waals surface area contributed by atoms with E-state index >= 15 is 0 Å². The third kappa shape index (κ3) is 3.80. The van der Waals surface area contributed by atoms with Gasteiger partial charge in [-0.2, -0.15) is 0 Å². The SMILES string of the molecule is Cc1cc(-c2[nH]c3cc(-c4ccc(N5CCNCC5)nc4)ccc3c2C)cc(CN)n1. The van der Waals surface area contributed by atoms with Gasteiger partial charge in [0, 0.05) is 72.3 Å². The van der Waals surface area contributed by atoms with Crippen molar-refractivity contribution in [3.05, 3.63) is 65.6 Å². The van der Waals surface area contributed by atoms with Crippen molar-refractivity contribution in [1.82, 2.24) is 20.3 Å². The van der Waals surface area contributed by atoms with E-state index in [2.05, 4.69) is 69.6 Å². The molecule has 0 saturated carbocycles. The van der Waals surface area contributed by atoms with Crippen LogP contribution in [-0.2, 0) is 6.54 Å². The van der Waals surface area contributed by atoms with Crippen LogP contribution in [0.2, 0.25) is 0 Å². The van der Waals surface area contributed by atoms with Crippen LogP contribution in [0.25, 0.3) is 33.3 Å². The molecular formula is C25H28N6. The van der Waals surface area contributed by atoms with Gasteiger partial charge in [-0.05, 0) is 55.3 Å². The minimum Gasteiger partial charge on any atom is -0.354 e. The van der Waals surface area contributed by atoms with E-state index in [0.29, 0.717) is 6.54 Å². The second kappa shape index (κ2) is 8.13. The Morgan fingerprint density at radius 1 is 0.968 bits per heavy atom. The Balaban J connectivity index is 1.49. The van der Waals surface area contributed by atoms with E-state index in [1.54, 1.807) is 0 Å². The molecule has 0 bridgehead atoms. The van der Waals surface area contributed by atoms with Crippen molar-refractivity contribution >= 4 is 16.7 Å². The maximum atomic E-state index is 5.84. The highest BCUT2D eigenvalue weighted by Gasteiger charge is 2.14. The smallest absolute Gasteiger partial charge is 0.128 e. The fourth-order valence-electron chi connectivity index (χ4n) is 4.43. The van der Waals surface area contributed by atoms with E-state index in [1.165, 1.54) is 10.9 Å². The van der Waals surface area contributed by atoms with Crippen LogP contribution in [0.3, 0.4) is 0 Å². The molecule has 5 rings (SSSR count). The van der Waals surface area contributed by atoms with Crippen LogP contribution >= 0.6 is 0 Å². The molecule has 6 nitrogen and oxygen atoms in total. The average Bonchev–Trinajstić information content (AvgIpc) is 3.15. The molecule has 1 fully saturated rings.